The Labute approximate surface area is 189 Å². The molecule has 32 heavy (non-hydrogen) atoms. The van der Waals surface area contributed by atoms with E-state index in [4.69, 9.17) is 28.3 Å². The van der Waals surface area contributed by atoms with Gasteiger partial charge < -0.3 is 20.7 Å². The fourth-order valence-electron chi connectivity index (χ4n) is 3.03. The SMILES string of the molecule is [B]C([B])([B])NC(=O)c1cnc(NC=O)cc1Nc1cccc(-c2ccn(CC)n2)c1OC. The number of hydrogen-bond acceptors (Lipinski definition) is 6. The Balaban J connectivity index is 2.05. The molecule has 2 aromatic heterocycles. The second-order valence-electron chi connectivity index (χ2n) is 6.83. The van der Waals surface area contributed by atoms with E-state index in [1.165, 1.54) is 19.4 Å². The molecule has 6 radical (unpaired) electrons. The van der Waals surface area contributed by atoms with Crippen LogP contribution in [0.2, 0.25) is 0 Å². The smallest absolute Gasteiger partial charge is 0.253 e. The molecule has 0 atom stereocenters. The Morgan fingerprint density at radius 1 is 1.25 bits per heavy atom. The van der Waals surface area contributed by atoms with Gasteiger partial charge in [0.1, 0.15) is 5.82 Å². The quantitative estimate of drug-likeness (QED) is 0.351. The lowest BCUT2D eigenvalue weighted by molar-refractivity contribution is -0.105. The van der Waals surface area contributed by atoms with Crippen LogP contribution in [0.25, 0.3) is 11.3 Å². The van der Waals surface area contributed by atoms with Crippen LogP contribution in [0.4, 0.5) is 17.2 Å². The number of pyridine rings is 1. The summed E-state index contributed by atoms with van der Waals surface area (Å²) in [6, 6.07) is 8.82. The number of nitrogens with one attached hydrogen (secondary N) is 3. The van der Waals surface area contributed by atoms with Crippen LogP contribution in [0.1, 0.15) is 17.3 Å². The molecular weight excluding hydrogens is 405 g/mol. The van der Waals surface area contributed by atoms with E-state index in [9.17, 15) is 9.59 Å². The van der Waals surface area contributed by atoms with Crippen molar-refractivity contribution in [2.45, 2.75) is 18.7 Å². The van der Waals surface area contributed by atoms with E-state index in [2.05, 4.69) is 26.0 Å². The Bertz CT molecular complexity index is 1130. The third kappa shape index (κ3) is 5.32. The average molecular weight is 424 g/mol. The van der Waals surface area contributed by atoms with Crippen LogP contribution in [-0.2, 0) is 11.3 Å². The normalized spacial score (nSPS) is 10.9. The lowest BCUT2D eigenvalue weighted by Gasteiger charge is -2.23. The van der Waals surface area contributed by atoms with Crippen LogP contribution in [0.5, 0.6) is 5.75 Å². The Hall–Kier alpha value is -3.69. The fourth-order valence-corrected chi connectivity index (χ4v) is 3.03. The molecule has 3 rings (SSSR count). The number of carbonyl (C=O) groups excluding carboxylic acids is 2. The van der Waals surface area contributed by atoms with Gasteiger partial charge in [0, 0.05) is 30.6 Å². The Kier molecular flexibility index (Phi) is 6.92. The first-order chi connectivity index (χ1) is 15.3. The van der Waals surface area contributed by atoms with Gasteiger partial charge in [-0.3, -0.25) is 14.3 Å². The number of hydrogen-bond donors (Lipinski definition) is 3. The van der Waals surface area contributed by atoms with Crippen LogP contribution >= 0.6 is 0 Å². The van der Waals surface area contributed by atoms with E-state index in [0.717, 1.165) is 17.8 Å². The third-order valence-corrected chi connectivity index (χ3v) is 4.41. The highest BCUT2D eigenvalue weighted by molar-refractivity contribution is 6.60. The van der Waals surface area contributed by atoms with Gasteiger partial charge in [-0.15, -0.1) is 0 Å². The second kappa shape index (κ2) is 9.63. The number of benzene rings is 1. The number of aryl methyl sites for hydroxylation is 1. The predicted molar refractivity (Wildman–Crippen MR) is 125 cm³/mol. The van der Waals surface area contributed by atoms with Crippen molar-refractivity contribution in [2.24, 2.45) is 0 Å². The molecule has 3 N–H and O–H groups in total. The van der Waals surface area contributed by atoms with Crippen molar-refractivity contribution in [3.63, 3.8) is 0 Å². The molecule has 0 unspecified atom stereocenters. The number of anilines is 3. The number of para-hydroxylation sites is 1. The maximum atomic E-state index is 12.7. The third-order valence-electron chi connectivity index (χ3n) is 4.41. The molecule has 0 saturated heterocycles. The van der Waals surface area contributed by atoms with Crippen LogP contribution in [0.3, 0.4) is 0 Å². The van der Waals surface area contributed by atoms with Crippen LogP contribution < -0.4 is 20.7 Å². The number of amides is 2. The standard InChI is InChI=1S/C20H19B3N6O3/c1-3-29-8-7-14(28-29)12-5-4-6-15(18(12)32-2)26-16-9-17(25-11-30)24-10-13(16)19(31)27-20(21,22)23/h4-11H,3H2,1-2H3,(H,27,31)(H2,24,25,26,30). The molecule has 0 spiro atoms. The summed E-state index contributed by atoms with van der Waals surface area (Å²) < 4.78 is 7.45. The number of methoxy groups -OCH3 is 1. The van der Waals surface area contributed by atoms with Gasteiger partial charge in [-0.25, -0.2) is 4.98 Å². The van der Waals surface area contributed by atoms with Crippen molar-refractivity contribution in [1.82, 2.24) is 20.1 Å². The summed E-state index contributed by atoms with van der Waals surface area (Å²) >= 11 is 0. The molecule has 0 aliphatic rings. The summed E-state index contributed by atoms with van der Waals surface area (Å²) in [7, 11) is 18.0. The maximum Gasteiger partial charge on any atom is 0.253 e. The number of ether oxygens (including phenoxy) is 1. The highest BCUT2D eigenvalue weighted by Gasteiger charge is 2.20. The van der Waals surface area contributed by atoms with Crippen molar-refractivity contribution in [3.8, 4) is 17.0 Å². The molecule has 2 heterocycles. The minimum atomic E-state index is -1.93. The molecule has 2 amide bonds. The van der Waals surface area contributed by atoms with E-state index in [1.807, 2.05) is 31.3 Å². The first-order valence-electron chi connectivity index (χ1n) is 9.63. The molecule has 0 fully saturated rings. The molecule has 12 heteroatoms. The predicted octanol–water partition coefficient (Wildman–Crippen LogP) is 1.13. The summed E-state index contributed by atoms with van der Waals surface area (Å²) in [5.74, 6) is 0.0603. The number of nitrogens with zero attached hydrogens (tertiary/aromatic N) is 3. The van der Waals surface area contributed by atoms with Crippen LogP contribution in [0.15, 0.2) is 42.7 Å². The molecule has 0 bridgehead atoms. The van der Waals surface area contributed by atoms with E-state index in [0.29, 0.717) is 23.5 Å². The Morgan fingerprint density at radius 3 is 2.66 bits per heavy atom. The van der Waals surface area contributed by atoms with E-state index >= 15 is 0 Å². The number of carbonyl (C=O) groups is 2. The van der Waals surface area contributed by atoms with E-state index in [1.54, 1.807) is 10.7 Å². The van der Waals surface area contributed by atoms with Crippen molar-refractivity contribution >= 4 is 53.0 Å². The van der Waals surface area contributed by atoms with Crippen molar-refractivity contribution in [1.29, 1.82) is 0 Å². The molecule has 0 saturated carbocycles. The fraction of sp³-hybridized carbons (Fsp3) is 0.200. The molecule has 0 aliphatic carbocycles. The van der Waals surface area contributed by atoms with E-state index < -0.39 is 11.1 Å². The molecule has 156 valence electrons. The molecular formula is C20H19B3N6O3. The minimum Gasteiger partial charge on any atom is -0.494 e. The summed E-state index contributed by atoms with van der Waals surface area (Å²) in [6.45, 7) is 2.72. The van der Waals surface area contributed by atoms with Crippen molar-refractivity contribution < 1.29 is 14.3 Å². The lowest BCUT2D eigenvalue weighted by atomic mass is 9.49. The largest absolute Gasteiger partial charge is 0.494 e. The zero-order valence-electron chi connectivity index (χ0n) is 17.6. The van der Waals surface area contributed by atoms with E-state index in [-0.39, 0.29) is 11.4 Å². The molecule has 1 aromatic carbocycles. The van der Waals surface area contributed by atoms with Gasteiger partial charge in [-0.1, -0.05) is 11.3 Å². The first kappa shape index (κ1) is 23.0. The summed E-state index contributed by atoms with van der Waals surface area (Å²) in [5.41, 5.74) is 2.42. The second-order valence-corrected chi connectivity index (χ2v) is 6.83. The van der Waals surface area contributed by atoms with Gasteiger partial charge in [0.2, 0.25) is 6.41 Å². The first-order valence-corrected chi connectivity index (χ1v) is 9.63. The van der Waals surface area contributed by atoms with Gasteiger partial charge in [0.15, 0.2) is 5.75 Å². The zero-order valence-corrected chi connectivity index (χ0v) is 17.6. The van der Waals surface area contributed by atoms with Gasteiger partial charge in [-0.05, 0) is 25.1 Å². The van der Waals surface area contributed by atoms with Crippen LogP contribution in [0, 0.1) is 0 Å². The Morgan fingerprint density at radius 2 is 2.03 bits per heavy atom. The highest BCUT2D eigenvalue weighted by atomic mass is 16.5. The molecule has 3 aromatic rings. The average Bonchev–Trinajstić information content (AvgIpc) is 3.22. The van der Waals surface area contributed by atoms with Gasteiger partial charge in [0.05, 0.1) is 53.3 Å². The minimum absolute atomic E-state index is 0.0925. The molecule has 9 nitrogen and oxygen atoms in total. The topological polar surface area (TPSA) is 110 Å². The highest BCUT2D eigenvalue weighted by Crippen LogP contribution is 2.38. The monoisotopic (exact) mass is 424 g/mol. The van der Waals surface area contributed by atoms with Crippen molar-refractivity contribution in [3.05, 3.63) is 48.3 Å². The van der Waals surface area contributed by atoms with Gasteiger partial charge >= 0.3 is 0 Å². The van der Waals surface area contributed by atoms with Gasteiger partial charge in [-0.2, -0.15) is 5.10 Å². The van der Waals surface area contributed by atoms with Crippen LogP contribution in [-0.4, -0.2) is 63.0 Å². The van der Waals surface area contributed by atoms with Crippen molar-refractivity contribution in [2.75, 3.05) is 17.7 Å². The summed E-state index contributed by atoms with van der Waals surface area (Å²) in [4.78, 5) is 27.5. The number of aromatic nitrogens is 3. The maximum absolute atomic E-state index is 12.7. The summed E-state index contributed by atoms with van der Waals surface area (Å²) in [5, 5.41) is 10.5. The lowest BCUT2D eigenvalue weighted by Crippen LogP contribution is -2.50. The molecule has 0 aliphatic heterocycles. The number of rotatable bonds is 9. The zero-order chi connectivity index (χ0) is 23.3. The summed E-state index contributed by atoms with van der Waals surface area (Å²) in [6.07, 6.45) is 3.60. The van der Waals surface area contributed by atoms with Gasteiger partial charge in [0.25, 0.3) is 5.91 Å².